The Balaban J connectivity index is 1.59. The van der Waals surface area contributed by atoms with E-state index < -0.39 is 0 Å². The van der Waals surface area contributed by atoms with Crippen molar-refractivity contribution in [1.29, 1.82) is 0 Å². The Labute approximate surface area is 144 Å². The molecule has 0 bridgehead atoms. The number of rotatable bonds is 4. The number of nitrogens with one attached hydrogen (secondary N) is 1. The van der Waals surface area contributed by atoms with Gasteiger partial charge in [0.05, 0.1) is 11.8 Å². The van der Waals surface area contributed by atoms with Gasteiger partial charge in [-0.2, -0.15) is 0 Å². The summed E-state index contributed by atoms with van der Waals surface area (Å²) in [6.45, 7) is 7.04. The van der Waals surface area contributed by atoms with Gasteiger partial charge in [-0.3, -0.25) is 9.59 Å². The number of amides is 2. The highest BCUT2D eigenvalue weighted by Gasteiger charge is 2.50. The predicted octanol–water partition coefficient (Wildman–Crippen LogP) is 3.67. The number of anilines is 1. The molecule has 1 heterocycles. The van der Waals surface area contributed by atoms with Gasteiger partial charge in [-0.25, -0.2) is 0 Å². The summed E-state index contributed by atoms with van der Waals surface area (Å²) in [6.07, 6.45) is 5.12. The lowest BCUT2D eigenvalue weighted by molar-refractivity contribution is -0.137. The van der Waals surface area contributed by atoms with E-state index in [1.807, 2.05) is 30.9 Å². The molecule has 1 aromatic carbocycles. The molecule has 24 heavy (non-hydrogen) atoms. The van der Waals surface area contributed by atoms with Gasteiger partial charge in [0.15, 0.2) is 0 Å². The minimum Gasteiger partial charge on any atom is -0.339 e. The fraction of sp³-hybridized carbons (Fsp3) is 0.600. The smallest absolute Gasteiger partial charge is 0.228 e. The Hall–Kier alpha value is -1.84. The van der Waals surface area contributed by atoms with Gasteiger partial charge in [-0.15, -0.1) is 0 Å². The largest absolute Gasteiger partial charge is 0.339 e. The number of hydrogen-bond acceptors (Lipinski definition) is 2. The first-order valence-electron chi connectivity index (χ1n) is 9.20. The van der Waals surface area contributed by atoms with E-state index in [-0.39, 0.29) is 23.7 Å². The Morgan fingerprint density at radius 3 is 2.71 bits per heavy atom. The molecule has 1 saturated carbocycles. The second kappa shape index (κ2) is 6.96. The third kappa shape index (κ3) is 3.47. The lowest BCUT2D eigenvalue weighted by atomic mass is 9.99. The second-order valence-corrected chi connectivity index (χ2v) is 7.35. The highest BCUT2D eigenvalue weighted by Crippen LogP contribution is 2.42. The van der Waals surface area contributed by atoms with E-state index in [0.29, 0.717) is 12.5 Å². The molecule has 3 atom stereocenters. The van der Waals surface area contributed by atoms with Gasteiger partial charge >= 0.3 is 0 Å². The molecule has 3 unspecified atom stereocenters. The van der Waals surface area contributed by atoms with Crippen molar-refractivity contribution < 1.29 is 9.59 Å². The lowest BCUT2D eigenvalue weighted by Crippen LogP contribution is -2.44. The summed E-state index contributed by atoms with van der Waals surface area (Å²) < 4.78 is 0. The Morgan fingerprint density at radius 2 is 2.00 bits per heavy atom. The quantitative estimate of drug-likeness (QED) is 0.917. The lowest BCUT2D eigenvalue weighted by Gasteiger charge is -2.35. The van der Waals surface area contributed by atoms with Crippen LogP contribution in [0.5, 0.6) is 0 Å². The van der Waals surface area contributed by atoms with Gasteiger partial charge in [0.2, 0.25) is 11.8 Å². The van der Waals surface area contributed by atoms with Crippen molar-refractivity contribution in [3.05, 3.63) is 29.3 Å². The molecule has 2 amide bonds. The average molecular weight is 328 g/mol. The normalized spacial score (nSPS) is 26.1. The van der Waals surface area contributed by atoms with Gasteiger partial charge < -0.3 is 10.2 Å². The van der Waals surface area contributed by atoms with Gasteiger partial charge in [0.25, 0.3) is 0 Å². The Morgan fingerprint density at radius 1 is 1.21 bits per heavy atom. The van der Waals surface area contributed by atoms with Crippen LogP contribution in [0.2, 0.25) is 0 Å². The molecule has 0 spiro atoms. The molecule has 1 aromatic rings. The van der Waals surface area contributed by atoms with Crippen LogP contribution in [0, 0.1) is 25.7 Å². The number of benzene rings is 1. The molecular weight excluding hydrogens is 300 g/mol. The third-order valence-corrected chi connectivity index (χ3v) is 5.47. The van der Waals surface area contributed by atoms with Crippen molar-refractivity contribution in [1.82, 2.24) is 4.90 Å². The minimum absolute atomic E-state index is 0.00893. The maximum atomic E-state index is 12.8. The second-order valence-electron chi connectivity index (χ2n) is 7.35. The SMILES string of the molecule is CCC1CCCCN1C(=O)C1CC1C(=O)Nc1ccc(C)cc1C. The van der Waals surface area contributed by atoms with E-state index in [1.165, 1.54) is 12.0 Å². The van der Waals surface area contributed by atoms with Gasteiger partial charge in [0, 0.05) is 18.3 Å². The van der Waals surface area contributed by atoms with Gasteiger partial charge in [0.1, 0.15) is 0 Å². The van der Waals surface area contributed by atoms with Crippen molar-refractivity contribution in [3.63, 3.8) is 0 Å². The summed E-state index contributed by atoms with van der Waals surface area (Å²) in [5.41, 5.74) is 3.10. The number of likely N-dealkylation sites (tertiary alicyclic amines) is 1. The van der Waals surface area contributed by atoms with Crippen molar-refractivity contribution in [2.75, 3.05) is 11.9 Å². The number of nitrogens with zero attached hydrogens (tertiary/aromatic N) is 1. The first-order chi connectivity index (χ1) is 11.5. The van der Waals surface area contributed by atoms with Crippen LogP contribution in [0.1, 0.15) is 50.2 Å². The van der Waals surface area contributed by atoms with Gasteiger partial charge in [-0.1, -0.05) is 24.6 Å². The van der Waals surface area contributed by atoms with E-state index in [2.05, 4.69) is 18.3 Å². The van der Waals surface area contributed by atoms with Crippen LogP contribution in [0.4, 0.5) is 5.69 Å². The molecule has 3 rings (SSSR count). The molecule has 4 heteroatoms. The number of carbonyl (C=O) groups excluding carboxylic acids is 2. The molecular formula is C20H28N2O2. The molecule has 0 aromatic heterocycles. The van der Waals surface area contributed by atoms with Crippen LogP contribution in [-0.2, 0) is 9.59 Å². The molecule has 130 valence electrons. The van der Waals surface area contributed by atoms with Crippen LogP contribution < -0.4 is 5.32 Å². The maximum Gasteiger partial charge on any atom is 0.228 e. The topological polar surface area (TPSA) is 49.4 Å². The summed E-state index contributed by atoms with van der Waals surface area (Å²) in [6, 6.07) is 6.37. The van der Waals surface area contributed by atoms with Crippen LogP contribution >= 0.6 is 0 Å². The van der Waals surface area contributed by atoms with Crippen LogP contribution in [0.25, 0.3) is 0 Å². The monoisotopic (exact) mass is 328 g/mol. The van der Waals surface area contributed by atoms with E-state index in [9.17, 15) is 9.59 Å². The fourth-order valence-corrected chi connectivity index (χ4v) is 3.87. The van der Waals surface area contributed by atoms with Crippen molar-refractivity contribution in [2.24, 2.45) is 11.8 Å². The zero-order chi connectivity index (χ0) is 17.3. The minimum atomic E-state index is -0.155. The number of carbonyl (C=O) groups is 2. The Kier molecular flexibility index (Phi) is 4.93. The molecule has 0 radical (unpaired) electrons. The number of aryl methyl sites for hydroxylation is 2. The van der Waals surface area contributed by atoms with Crippen LogP contribution in [-0.4, -0.2) is 29.3 Å². The molecule has 4 nitrogen and oxygen atoms in total. The summed E-state index contributed by atoms with van der Waals surface area (Å²) in [5.74, 6) is -0.0757. The third-order valence-electron chi connectivity index (χ3n) is 5.47. The molecule has 1 aliphatic heterocycles. The number of hydrogen-bond donors (Lipinski definition) is 1. The first-order valence-corrected chi connectivity index (χ1v) is 9.20. The van der Waals surface area contributed by atoms with Crippen LogP contribution in [0.15, 0.2) is 18.2 Å². The van der Waals surface area contributed by atoms with Crippen molar-refractivity contribution in [2.45, 2.75) is 58.9 Å². The summed E-state index contributed by atoms with van der Waals surface area (Å²) in [4.78, 5) is 27.3. The average Bonchev–Trinajstić information content (AvgIpc) is 3.37. The maximum absolute atomic E-state index is 12.8. The fourth-order valence-electron chi connectivity index (χ4n) is 3.87. The standard InChI is InChI=1S/C20H28N2O2/c1-4-15-7-5-6-10-22(15)20(24)17-12-16(17)19(23)21-18-9-8-13(2)11-14(18)3/h8-9,11,15-17H,4-7,10,12H2,1-3H3,(H,21,23). The van der Waals surface area contributed by atoms with Gasteiger partial charge in [-0.05, 0) is 57.6 Å². The highest BCUT2D eigenvalue weighted by molar-refractivity contribution is 6.00. The molecule has 1 N–H and O–H groups in total. The summed E-state index contributed by atoms with van der Waals surface area (Å²) >= 11 is 0. The number of piperidine rings is 1. The molecule has 1 saturated heterocycles. The van der Waals surface area contributed by atoms with E-state index in [4.69, 9.17) is 0 Å². The zero-order valence-electron chi connectivity index (χ0n) is 15.0. The first kappa shape index (κ1) is 17.0. The van der Waals surface area contributed by atoms with Crippen molar-refractivity contribution >= 4 is 17.5 Å². The van der Waals surface area contributed by atoms with E-state index in [1.54, 1.807) is 0 Å². The Bertz CT molecular complexity index is 641. The summed E-state index contributed by atoms with van der Waals surface area (Å²) in [7, 11) is 0. The summed E-state index contributed by atoms with van der Waals surface area (Å²) in [5, 5.41) is 3.00. The highest BCUT2D eigenvalue weighted by atomic mass is 16.2. The zero-order valence-corrected chi connectivity index (χ0v) is 15.0. The molecule has 1 aliphatic carbocycles. The molecule has 2 fully saturated rings. The predicted molar refractivity (Wildman–Crippen MR) is 95.8 cm³/mol. The van der Waals surface area contributed by atoms with Crippen LogP contribution in [0.3, 0.4) is 0 Å². The van der Waals surface area contributed by atoms with E-state index >= 15 is 0 Å². The van der Waals surface area contributed by atoms with E-state index in [0.717, 1.165) is 37.1 Å². The van der Waals surface area contributed by atoms with Crippen molar-refractivity contribution in [3.8, 4) is 0 Å². The molecule has 2 aliphatic rings.